The van der Waals surface area contributed by atoms with Crippen molar-refractivity contribution in [1.82, 2.24) is 16.0 Å². The normalized spacial score (nSPS) is 12.5. The SMILES string of the molecule is CNCCOc1cc(Cl)ccc1C(=O)N[C@@H](Cc1ccccc1)C(=O)N[C@@H](C)C(=O)O. The molecule has 0 saturated carbocycles. The topological polar surface area (TPSA) is 117 Å². The molecule has 0 heterocycles. The summed E-state index contributed by atoms with van der Waals surface area (Å²) < 4.78 is 5.65. The van der Waals surface area contributed by atoms with Crippen LogP contribution in [0.5, 0.6) is 5.75 Å². The van der Waals surface area contributed by atoms with Gasteiger partial charge in [0.05, 0.1) is 5.56 Å². The molecule has 8 nitrogen and oxygen atoms in total. The number of ether oxygens (including phenoxy) is 1. The van der Waals surface area contributed by atoms with Gasteiger partial charge in [-0.1, -0.05) is 41.9 Å². The van der Waals surface area contributed by atoms with E-state index in [2.05, 4.69) is 16.0 Å². The number of hydrogen-bond donors (Lipinski definition) is 4. The van der Waals surface area contributed by atoms with Crippen LogP contribution in [-0.2, 0) is 16.0 Å². The first-order valence-electron chi connectivity index (χ1n) is 9.76. The zero-order chi connectivity index (χ0) is 22.8. The molecular formula is C22H26ClN3O5. The van der Waals surface area contributed by atoms with E-state index in [-0.39, 0.29) is 17.7 Å². The number of likely N-dealkylation sites (N-methyl/N-ethyl adjacent to an activating group) is 1. The molecule has 166 valence electrons. The summed E-state index contributed by atoms with van der Waals surface area (Å²) in [4.78, 5) is 36.8. The van der Waals surface area contributed by atoms with Crippen LogP contribution in [0.2, 0.25) is 5.02 Å². The molecule has 0 aliphatic rings. The van der Waals surface area contributed by atoms with Gasteiger partial charge in [0.2, 0.25) is 5.91 Å². The van der Waals surface area contributed by atoms with E-state index >= 15 is 0 Å². The summed E-state index contributed by atoms with van der Waals surface area (Å²) >= 11 is 6.04. The first-order chi connectivity index (χ1) is 14.8. The number of halogens is 1. The largest absolute Gasteiger partial charge is 0.491 e. The molecular weight excluding hydrogens is 422 g/mol. The van der Waals surface area contributed by atoms with Gasteiger partial charge in [0.15, 0.2) is 0 Å². The molecule has 0 saturated heterocycles. The molecule has 31 heavy (non-hydrogen) atoms. The molecule has 2 amide bonds. The predicted octanol–water partition coefficient (Wildman–Crippen LogP) is 1.87. The quantitative estimate of drug-likeness (QED) is 0.391. The van der Waals surface area contributed by atoms with E-state index in [9.17, 15) is 14.4 Å². The molecule has 0 aromatic heterocycles. The molecule has 2 atom stereocenters. The zero-order valence-corrected chi connectivity index (χ0v) is 18.1. The van der Waals surface area contributed by atoms with E-state index in [1.165, 1.54) is 19.1 Å². The van der Waals surface area contributed by atoms with Crippen LogP contribution in [0.25, 0.3) is 0 Å². The second kappa shape index (κ2) is 11.9. The fraction of sp³-hybridized carbons (Fsp3) is 0.318. The number of hydrogen-bond acceptors (Lipinski definition) is 5. The molecule has 2 aromatic carbocycles. The van der Waals surface area contributed by atoms with Gasteiger partial charge in [-0.25, -0.2) is 0 Å². The highest BCUT2D eigenvalue weighted by molar-refractivity contribution is 6.30. The second-order valence-corrected chi connectivity index (χ2v) is 7.31. The van der Waals surface area contributed by atoms with Gasteiger partial charge in [-0.15, -0.1) is 0 Å². The maximum Gasteiger partial charge on any atom is 0.325 e. The summed E-state index contributed by atoms with van der Waals surface area (Å²) in [6.07, 6.45) is 0.189. The zero-order valence-electron chi connectivity index (χ0n) is 17.4. The van der Waals surface area contributed by atoms with E-state index in [1.54, 1.807) is 13.1 Å². The Hall–Kier alpha value is -3.10. The summed E-state index contributed by atoms with van der Waals surface area (Å²) in [6.45, 7) is 2.25. The smallest absolute Gasteiger partial charge is 0.325 e. The molecule has 0 aliphatic heterocycles. The predicted molar refractivity (Wildman–Crippen MR) is 118 cm³/mol. The number of rotatable bonds is 11. The number of carboxylic acid groups (broad SMARTS) is 1. The monoisotopic (exact) mass is 447 g/mol. The molecule has 0 aliphatic carbocycles. The van der Waals surface area contributed by atoms with Crippen LogP contribution in [0.15, 0.2) is 48.5 Å². The lowest BCUT2D eigenvalue weighted by atomic mass is 10.0. The van der Waals surface area contributed by atoms with Gasteiger partial charge < -0.3 is 25.8 Å². The third-order valence-corrected chi connectivity index (χ3v) is 4.67. The summed E-state index contributed by atoms with van der Waals surface area (Å²) in [5, 5.41) is 17.5. The Morgan fingerprint density at radius 1 is 1.10 bits per heavy atom. The van der Waals surface area contributed by atoms with E-state index in [1.807, 2.05) is 30.3 Å². The standard InChI is InChI=1S/C22H26ClN3O5/c1-14(22(29)30)25-21(28)18(12-15-6-4-3-5-7-15)26-20(27)17-9-8-16(23)13-19(17)31-11-10-24-2/h3-9,13-14,18,24H,10-12H2,1-2H3,(H,25,28)(H,26,27)(H,29,30)/t14-,18-/m0/s1. The van der Waals surface area contributed by atoms with Gasteiger partial charge in [-0.05, 0) is 37.7 Å². The highest BCUT2D eigenvalue weighted by Crippen LogP contribution is 2.23. The van der Waals surface area contributed by atoms with Gasteiger partial charge in [0.25, 0.3) is 5.91 Å². The number of carbonyl (C=O) groups excluding carboxylic acids is 2. The first kappa shape index (κ1) is 24.2. The average molecular weight is 448 g/mol. The third kappa shape index (κ3) is 7.58. The number of amides is 2. The molecule has 2 rings (SSSR count). The van der Waals surface area contributed by atoms with Crippen LogP contribution in [0.3, 0.4) is 0 Å². The van der Waals surface area contributed by atoms with Crippen molar-refractivity contribution in [2.75, 3.05) is 20.2 Å². The van der Waals surface area contributed by atoms with Crippen LogP contribution < -0.4 is 20.7 Å². The minimum atomic E-state index is -1.17. The Bertz CT molecular complexity index is 907. The van der Waals surface area contributed by atoms with Crippen molar-refractivity contribution >= 4 is 29.4 Å². The van der Waals surface area contributed by atoms with Crippen LogP contribution in [-0.4, -0.2) is 55.2 Å². The van der Waals surface area contributed by atoms with Crippen LogP contribution >= 0.6 is 11.6 Å². The molecule has 4 N–H and O–H groups in total. The van der Waals surface area contributed by atoms with E-state index in [4.69, 9.17) is 21.4 Å². The van der Waals surface area contributed by atoms with Crippen LogP contribution in [0.4, 0.5) is 0 Å². The van der Waals surface area contributed by atoms with Gasteiger partial charge in [-0.2, -0.15) is 0 Å². The maximum atomic E-state index is 13.0. The molecule has 9 heteroatoms. The highest BCUT2D eigenvalue weighted by Gasteiger charge is 2.26. The van der Waals surface area contributed by atoms with Crippen molar-refractivity contribution in [3.05, 3.63) is 64.7 Å². The molecule has 0 unspecified atom stereocenters. The number of aliphatic carboxylic acids is 1. The molecule has 0 bridgehead atoms. The minimum absolute atomic E-state index is 0.189. The molecule has 0 spiro atoms. The lowest BCUT2D eigenvalue weighted by molar-refractivity contribution is -0.141. The van der Waals surface area contributed by atoms with Gasteiger partial charge in [-0.3, -0.25) is 14.4 Å². The minimum Gasteiger partial charge on any atom is -0.491 e. The summed E-state index contributed by atoms with van der Waals surface area (Å²) in [5.41, 5.74) is 1.03. The van der Waals surface area contributed by atoms with Crippen LogP contribution in [0, 0.1) is 0 Å². The van der Waals surface area contributed by atoms with E-state index < -0.39 is 29.9 Å². The van der Waals surface area contributed by atoms with E-state index in [0.717, 1.165) is 5.56 Å². The fourth-order valence-electron chi connectivity index (χ4n) is 2.74. The molecule has 0 radical (unpaired) electrons. The fourth-order valence-corrected chi connectivity index (χ4v) is 2.90. The Morgan fingerprint density at radius 3 is 2.45 bits per heavy atom. The number of nitrogens with one attached hydrogen (secondary N) is 3. The van der Waals surface area contributed by atoms with Crippen molar-refractivity contribution < 1.29 is 24.2 Å². The second-order valence-electron chi connectivity index (χ2n) is 6.88. The van der Waals surface area contributed by atoms with Crippen molar-refractivity contribution in [3.8, 4) is 5.75 Å². The summed E-state index contributed by atoms with van der Waals surface area (Å²) in [5.74, 6) is -2.01. The third-order valence-electron chi connectivity index (χ3n) is 4.43. The summed E-state index contributed by atoms with van der Waals surface area (Å²) in [6, 6.07) is 11.6. The summed E-state index contributed by atoms with van der Waals surface area (Å²) in [7, 11) is 1.78. The van der Waals surface area contributed by atoms with Gasteiger partial charge >= 0.3 is 5.97 Å². The Labute approximate surface area is 185 Å². The van der Waals surface area contributed by atoms with Crippen molar-refractivity contribution in [2.24, 2.45) is 0 Å². The number of benzene rings is 2. The first-order valence-corrected chi connectivity index (χ1v) is 10.1. The average Bonchev–Trinajstić information content (AvgIpc) is 2.74. The van der Waals surface area contributed by atoms with Crippen LogP contribution in [0.1, 0.15) is 22.8 Å². The van der Waals surface area contributed by atoms with Crippen molar-refractivity contribution in [3.63, 3.8) is 0 Å². The number of carboxylic acids is 1. The van der Waals surface area contributed by atoms with Crippen molar-refractivity contribution in [1.29, 1.82) is 0 Å². The van der Waals surface area contributed by atoms with Gasteiger partial charge in [0, 0.05) is 18.0 Å². The Kier molecular flexibility index (Phi) is 9.30. The van der Waals surface area contributed by atoms with Crippen molar-refractivity contribution in [2.45, 2.75) is 25.4 Å². The van der Waals surface area contributed by atoms with Gasteiger partial charge in [0.1, 0.15) is 24.4 Å². The lowest BCUT2D eigenvalue weighted by Gasteiger charge is -2.21. The Balaban J connectivity index is 2.23. The van der Waals surface area contributed by atoms with E-state index in [0.29, 0.717) is 18.2 Å². The Morgan fingerprint density at radius 2 is 1.81 bits per heavy atom. The highest BCUT2D eigenvalue weighted by atomic mass is 35.5. The lowest BCUT2D eigenvalue weighted by Crippen LogP contribution is -2.51. The maximum absolute atomic E-state index is 13.0. The molecule has 2 aromatic rings. The molecule has 0 fully saturated rings. The number of carbonyl (C=O) groups is 3.